The molecule has 0 bridgehead atoms. The summed E-state index contributed by atoms with van der Waals surface area (Å²) in [7, 11) is 3.23. The number of methoxy groups -OCH3 is 2. The molecule has 0 radical (unpaired) electrons. The Morgan fingerprint density at radius 2 is 1.62 bits per heavy atom. The lowest BCUT2D eigenvalue weighted by Crippen LogP contribution is -2.50. The van der Waals surface area contributed by atoms with Crippen molar-refractivity contribution in [3.8, 4) is 28.5 Å². The fourth-order valence-electron chi connectivity index (χ4n) is 4.41. The molecule has 0 unspecified atom stereocenters. The predicted octanol–water partition coefficient (Wildman–Crippen LogP) is 3.75. The van der Waals surface area contributed by atoms with Gasteiger partial charge in [-0.25, -0.2) is 15.0 Å². The van der Waals surface area contributed by atoms with Crippen LogP contribution in [0.3, 0.4) is 0 Å². The molecule has 0 spiro atoms. The van der Waals surface area contributed by atoms with E-state index in [0.717, 1.165) is 28.1 Å². The molecule has 4 aromatic rings. The van der Waals surface area contributed by atoms with Gasteiger partial charge in [0, 0.05) is 31.7 Å². The number of fused-ring (bicyclic) bond motifs is 1. The van der Waals surface area contributed by atoms with Crippen LogP contribution in [0.4, 0.5) is 5.82 Å². The number of carbonyl (C=O) groups is 1. The Hall–Kier alpha value is -4.40. The monoisotopic (exact) mass is 499 g/mol. The molecule has 9 heteroatoms. The van der Waals surface area contributed by atoms with Crippen molar-refractivity contribution in [2.24, 2.45) is 0 Å². The third-order valence-electron chi connectivity index (χ3n) is 6.35. The molecule has 3 heterocycles. The molecule has 190 valence electrons. The molecule has 1 fully saturated rings. The quantitative estimate of drug-likeness (QED) is 0.380. The molecule has 37 heavy (non-hydrogen) atoms. The molecule has 1 amide bonds. The van der Waals surface area contributed by atoms with Gasteiger partial charge >= 0.3 is 0 Å². The third-order valence-corrected chi connectivity index (χ3v) is 6.35. The number of anilines is 1. The molecule has 2 aromatic heterocycles. The molecule has 0 atom stereocenters. The van der Waals surface area contributed by atoms with Crippen LogP contribution in [-0.4, -0.2) is 72.8 Å². The van der Waals surface area contributed by atoms with Gasteiger partial charge in [0.05, 0.1) is 25.4 Å². The second-order valence-electron chi connectivity index (χ2n) is 8.70. The number of benzene rings is 2. The van der Waals surface area contributed by atoms with Gasteiger partial charge in [-0.3, -0.25) is 4.79 Å². The van der Waals surface area contributed by atoms with Crippen molar-refractivity contribution in [3.05, 3.63) is 66.5 Å². The first kappa shape index (κ1) is 24.3. The van der Waals surface area contributed by atoms with Gasteiger partial charge in [0.15, 0.2) is 23.9 Å². The zero-order chi connectivity index (χ0) is 25.8. The summed E-state index contributed by atoms with van der Waals surface area (Å²) in [5.41, 5.74) is 3.19. The van der Waals surface area contributed by atoms with E-state index in [1.54, 1.807) is 14.2 Å². The van der Waals surface area contributed by atoms with E-state index in [1.165, 1.54) is 0 Å². The highest BCUT2D eigenvalue weighted by atomic mass is 16.5. The largest absolute Gasteiger partial charge is 0.493 e. The Bertz CT molecular complexity index is 1400. The van der Waals surface area contributed by atoms with Crippen molar-refractivity contribution < 1.29 is 19.0 Å². The minimum absolute atomic E-state index is 0.0236. The number of ether oxygens (including phenoxy) is 3. The van der Waals surface area contributed by atoms with Gasteiger partial charge in [-0.05, 0) is 49.4 Å². The minimum atomic E-state index is -0.0268. The summed E-state index contributed by atoms with van der Waals surface area (Å²) in [6.07, 6.45) is 0. The number of amides is 1. The summed E-state index contributed by atoms with van der Waals surface area (Å²) < 4.78 is 16.5. The number of pyridine rings is 1. The van der Waals surface area contributed by atoms with E-state index in [2.05, 4.69) is 9.88 Å². The van der Waals surface area contributed by atoms with E-state index in [4.69, 9.17) is 24.2 Å². The summed E-state index contributed by atoms with van der Waals surface area (Å²) in [6, 6.07) is 19.0. The predicted molar refractivity (Wildman–Crippen MR) is 141 cm³/mol. The highest BCUT2D eigenvalue weighted by Gasteiger charge is 2.24. The molecule has 0 saturated carbocycles. The van der Waals surface area contributed by atoms with Crippen molar-refractivity contribution in [3.63, 3.8) is 0 Å². The number of aryl methyl sites for hydroxylation is 1. The number of carbonyl (C=O) groups excluding carboxylic acids is 1. The Balaban J connectivity index is 1.35. The SMILES string of the molecule is COc1ccc(-c2ccc3nc(C)nc(N4CCN(C(=O)COc5ccccc5)CC4)c3n2)cc1OC. The molecule has 9 nitrogen and oxygen atoms in total. The van der Waals surface area contributed by atoms with E-state index in [0.29, 0.717) is 49.3 Å². The van der Waals surface area contributed by atoms with Gasteiger partial charge in [-0.1, -0.05) is 18.2 Å². The van der Waals surface area contributed by atoms with Gasteiger partial charge in [-0.15, -0.1) is 0 Å². The molecular formula is C28H29N5O4. The first-order valence-corrected chi connectivity index (χ1v) is 12.1. The number of piperazine rings is 1. The Labute approximate surface area is 215 Å². The number of hydrogen-bond acceptors (Lipinski definition) is 8. The van der Waals surface area contributed by atoms with Crippen molar-refractivity contribution >= 4 is 22.8 Å². The van der Waals surface area contributed by atoms with E-state index in [9.17, 15) is 4.79 Å². The zero-order valence-electron chi connectivity index (χ0n) is 21.2. The van der Waals surface area contributed by atoms with Crippen molar-refractivity contribution in [2.75, 3.05) is 51.9 Å². The van der Waals surface area contributed by atoms with Crippen LogP contribution in [0.15, 0.2) is 60.7 Å². The van der Waals surface area contributed by atoms with Gasteiger partial charge in [0.25, 0.3) is 5.91 Å². The molecule has 1 saturated heterocycles. The Morgan fingerprint density at radius 3 is 2.35 bits per heavy atom. The normalized spacial score (nSPS) is 13.5. The molecule has 5 rings (SSSR count). The lowest BCUT2D eigenvalue weighted by molar-refractivity contribution is -0.133. The van der Waals surface area contributed by atoms with Crippen LogP contribution in [0.2, 0.25) is 0 Å². The van der Waals surface area contributed by atoms with Crippen LogP contribution in [0.1, 0.15) is 5.82 Å². The maximum absolute atomic E-state index is 12.7. The molecule has 1 aliphatic rings. The second kappa shape index (κ2) is 10.7. The van der Waals surface area contributed by atoms with Gasteiger partial charge < -0.3 is 24.0 Å². The molecular weight excluding hydrogens is 470 g/mol. The van der Waals surface area contributed by atoms with E-state index >= 15 is 0 Å². The van der Waals surface area contributed by atoms with Crippen LogP contribution in [0.25, 0.3) is 22.3 Å². The fourth-order valence-corrected chi connectivity index (χ4v) is 4.41. The highest BCUT2D eigenvalue weighted by Crippen LogP contribution is 2.33. The smallest absolute Gasteiger partial charge is 0.260 e. The molecule has 2 aromatic carbocycles. The van der Waals surface area contributed by atoms with Gasteiger partial charge in [0.2, 0.25) is 0 Å². The molecule has 0 N–H and O–H groups in total. The fraction of sp³-hybridized carbons (Fsp3) is 0.286. The van der Waals surface area contributed by atoms with Crippen LogP contribution < -0.4 is 19.1 Å². The topological polar surface area (TPSA) is 89.9 Å². The summed E-state index contributed by atoms with van der Waals surface area (Å²) in [6.45, 7) is 4.35. The zero-order valence-corrected chi connectivity index (χ0v) is 21.2. The first-order valence-electron chi connectivity index (χ1n) is 12.1. The minimum Gasteiger partial charge on any atom is -0.493 e. The summed E-state index contributed by atoms with van der Waals surface area (Å²) in [5, 5.41) is 0. The number of rotatable bonds is 7. The summed E-state index contributed by atoms with van der Waals surface area (Å²) in [4.78, 5) is 31.0. The van der Waals surface area contributed by atoms with Crippen LogP contribution in [0, 0.1) is 6.92 Å². The number of aromatic nitrogens is 3. The van der Waals surface area contributed by atoms with Gasteiger partial charge in [-0.2, -0.15) is 0 Å². The van der Waals surface area contributed by atoms with E-state index < -0.39 is 0 Å². The summed E-state index contributed by atoms with van der Waals surface area (Å²) >= 11 is 0. The maximum Gasteiger partial charge on any atom is 0.260 e. The average Bonchev–Trinajstić information content (AvgIpc) is 2.95. The maximum atomic E-state index is 12.7. The van der Waals surface area contributed by atoms with Crippen LogP contribution in [-0.2, 0) is 4.79 Å². The molecule has 0 aliphatic carbocycles. The Morgan fingerprint density at radius 1 is 0.865 bits per heavy atom. The van der Waals surface area contributed by atoms with Crippen molar-refractivity contribution in [2.45, 2.75) is 6.92 Å². The molecule has 1 aliphatic heterocycles. The van der Waals surface area contributed by atoms with Crippen molar-refractivity contribution in [1.82, 2.24) is 19.9 Å². The number of hydrogen-bond donors (Lipinski definition) is 0. The second-order valence-corrected chi connectivity index (χ2v) is 8.70. The Kier molecular flexibility index (Phi) is 7.02. The lowest BCUT2D eigenvalue weighted by Gasteiger charge is -2.35. The van der Waals surface area contributed by atoms with Crippen LogP contribution >= 0.6 is 0 Å². The van der Waals surface area contributed by atoms with Gasteiger partial charge in [0.1, 0.15) is 17.1 Å². The average molecular weight is 500 g/mol. The highest BCUT2D eigenvalue weighted by molar-refractivity contribution is 5.88. The van der Waals surface area contributed by atoms with Crippen molar-refractivity contribution in [1.29, 1.82) is 0 Å². The van der Waals surface area contributed by atoms with E-state index in [1.807, 2.05) is 72.5 Å². The number of nitrogens with zero attached hydrogens (tertiary/aromatic N) is 5. The summed E-state index contributed by atoms with van der Waals surface area (Å²) in [5.74, 6) is 3.41. The van der Waals surface area contributed by atoms with Crippen LogP contribution in [0.5, 0.6) is 17.2 Å². The first-order chi connectivity index (χ1) is 18.1. The standard InChI is InChI=1S/C28H29N5O4/c1-19-29-23-11-10-22(20-9-12-24(35-2)25(17-20)36-3)31-27(23)28(30-19)33-15-13-32(14-16-33)26(34)18-37-21-7-5-4-6-8-21/h4-12,17H,13-16,18H2,1-3H3. The van der Waals surface area contributed by atoms with E-state index in [-0.39, 0.29) is 12.5 Å². The number of para-hydroxylation sites is 1. The third kappa shape index (κ3) is 5.25. The lowest BCUT2D eigenvalue weighted by atomic mass is 10.1.